The van der Waals surface area contributed by atoms with Crippen LogP contribution in [0, 0.1) is 0 Å². The van der Waals surface area contributed by atoms with Gasteiger partial charge in [-0.05, 0) is 67.4 Å². The molecule has 0 atom stereocenters. The minimum atomic E-state index is -6.00. The van der Waals surface area contributed by atoms with E-state index in [1.807, 2.05) is 36.4 Å². The van der Waals surface area contributed by atoms with E-state index < -0.39 is 7.25 Å². The number of nitrogens with zero attached hydrogens (tertiary/aromatic N) is 1. The van der Waals surface area contributed by atoms with Crippen LogP contribution in [0.2, 0.25) is 0 Å². The lowest BCUT2D eigenvalue weighted by Gasteiger charge is -2.16. The summed E-state index contributed by atoms with van der Waals surface area (Å²) in [5.74, 6) is 1.62. The molecular weight excluding hydrogens is 539 g/mol. The van der Waals surface area contributed by atoms with Crippen LogP contribution >= 0.6 is 15.9 Å². The summed E-state index contributed by atoms with van der Waals surface area (Å²) in [6, 6.07) is 24.7. The quantitative estimate of drug-likeness (QED) is 0.242. The first-order valence-corrected chi connectivity index (χ1v) is 12.2. The van der Waals surface area contributed by atoms with Crippen molar-refractivity contribution < 1.29 is 31.4 Å². The summed E-state index contributed by atoms with van der Waals surface area (Å²) in [6.45, 7) is 2.30. The van der Waals surface area contributed by atoms with E-state index in [-0.39, 0.29) is 0 Å². The lowest BCUT2D eigenvalue weighted by atomic mass is 10.1. The van der Waals surface area contributed by atoms with Gasteiger partial charge in [-0.3, -0.25) is 0 Å². The van der Waals surface area contributed by atoms with Crippen LogP contribution in [0.15, 0.2) is 81.7 Å². The maximum absolute atomic E-state index is 9.75. The first-order chi connectivity index (χ1) is 17.2. The third kappa shape index (κ3) is 6.90. The average molecular weight is 563 g/mol. The molecule has 4 aromatic rings. The second kappa shape index (κ2) is 11.2. The molecule has 3 aromatic carbocycles. The number of hydrogen-bond acceptors (Lipinski definition) is 3. The molecule has 188 valence electrons. The first kappa shape index (κ1) is 25.8. The predicted molar refractivity (Wildman–Crippen MR) is 138 cm³/mol. The van der Waals surface area contributed by atoms with E-state index in [4.69, 9.17) is 9.15 Å². The molecule has 0 amide bonds. The van der Waals surface area contributed by atoms with E-state index in [1.54, 1.807) is 7.11 Å². The lowest BCUT2D eigenvalue weighted by molar-refractivity contribution is -0.400. The summed E-state index contributed by atoms with van der Waals surface area (Å²) >= 11 is 3.59. The maximum Gasteiger partial charge on any atom is 0.673 e. The molecule has 0 radical (unpaired) electrons. The van der Waals surface area contributed by atoms with Gasteiger partial charge in [0.05, 0.1) is 18.6 Å². The summed E-state index contributed by atoms with van der Waals surface area (Å²) in [6.07, 6.45) is 2.56. The zero-order valence-electron chi connectivity index (χ0n) is 19.5. The second-order valence-electron chi connectivity index (χ2n) is 8.25. The summed E-state index contributed by atoms with van der Waals surface area (Å²) in [4.78, 5) is 6.04. The van der Waals surface area contributed by atoms with Crippen LogP contribution in [0.4, 0.5) is 28.6 Å². The van der Waals surface area contributed by atoms with E-state index in [0.29, 0.717) is 0 Å². The Hall–Kier alpha value is -3.27. The Balaban J connectivity index is 0.000000556. The predicted octanol–water partition coefficient (Wildman–Crippen LogP) is 6.08. The van der Waals surface area contributed by atoms with Crippen molar-refractivity contribution in [1.82, 2.24) is 0 Å². The van der Waals surface area contributed by atoms with Crippen LogP contribution in [0.5, 0.6) is 5.75 Å². The van der Waals surface area contributed by atoms with Gasteiger partial charge in [0.2, 0.25) is 11.0 Å². The molecule has 0 bridgehead atoms. The van der Waals surface area contributed by atoms with Gasteiger partial charge in [0, 0.05) is 40.9 Å². The molecule has 5 rings (SSSR count). The van der Waals surface area contributed by atoms with Crippen molar-refractivity contribution >= 4 is 45.5 Å². The fourth-order valence-electron chi connectivity index (χ4n) is 4.05. The Morgan fingerprint density at radius 1 is 0.889 bits per heavy atom. The van der Waals surface area contributed by atoms with Gasteiger partial charge in [-0.1, -0.05) is 15.9 Å². The number of nitrogens with one attached hydrogen (secondary N) is 1. The third-order valence-corrected chi connectivity index (χ3v) is 6.21. The molecule has 1 aliphatic heterocycles. The van der Waals surface area contributed by atoms with E-state index in [1.165, 1.54) is 18.5 Å². The van der Waals surface area contributed by atoms with E-state index in [2.05, 4.69) is 62.2 Å². The van der Waals surface area contributed by atoms with E-state index in [0.717, 1.165) is 56.6 Å². The number of methoxy groups -OCH3 is 1. The largest absolute Gasteiger partial charge is 0.673 e. The van der Waals surface area contributed by atoms with Crippen molar-refractivity contribution in [2.75, 3.05) is 25.1 Å². The van der Waals surface area contributed by atoms with Crippen LogP contribution in [0.1, 0.15) is 12.8 Å². The zero-order chi connectivity index (χ0) is 25.7. The average Bonchev–Trinajstić information content (AvgIpc) is 3.39. The highest BCUT2D eigenvalue weighted by Gasteiger charge is 2.20. The molecule has 36 heavy (non-hydrogen) atoms. The smallest absolute Gasteiger partial charge is 0.497 e. The minimum Gasteiger partial charge on any atom is -0.497 e. The number of halogens is 5. The number of fused-ring (bicyclic) bond motifs is 1. The van der Waals surface area contributed by atoms with Crippen molar-refractivity contribution in [3.8, 4) is 17.1 Å². The maximum atomic E-state index is 9.75. The minimum absolute atomic E-state index is 0.800. The van der Waals surface area contributed by atoms with Crippen LogP contribution in [-0.4, -0.2) is 27.5 Å². The Morgan fingerprint density at radius 3 is 2.14 bits per heavy atom. The van der Waals surface area contributed by atoms with Crippen molar-refractivity contribution in [3.05, 3.63) is 82.6 Å². The fourth-order valence-corrected chi connectivity index (χ4v) is 4.41. The normalized spacial score (nSPS) is 14.1. The Morgan fingerprint density at radius 2 is 1.53 bits per heavy atom. The van der Waals surface area contributed by atoms with Gasteiger partial charge in [0.25, 0.3) is 0 Å². The summed E-state index contributed by atoms with van der Waals surface area (Å²) in [5.41, 5.74) is 4.17. The zero-order valence-corrected chi connectivity index (χ0v) is 21.1. The molecule has 1 saturated heterocycles. The first-order valence-electron chi connectivity index (χ1n) is 11.4. The van der Waals surface area contributed by atoms with E-state index in [9.17, 15) is 17.3 Å². The van der Waals surface area contributed by atoms with Gasteiger partial charge < -0.3 is 31.3 Å². The van der Waals surface area contributed by atoms with Crippen molar-refractivity contribution in [1.29, 1.82) is 0 Å². The van der Waals surface area contributed by atoms with Crippen LogP contribution in [0.25, 0.3) is 22.3 Å². The Kier molecular flexibility index (Phi) is 8.03. The number of hydrogen-bond donors (Lipinski definition) is 1. The summed E-state index contributed by atoms with van der Waals surface area (Å²) in [5, 5.41) is 2.03. The molecule has 1 fully saturated rings. The molecule has 1 aromatic heterocycles. The highest BCUT2D eigenvalue weighted by atomic mass is 79.9. The molecule has 1 N–H and O–H groups in total. The highest BCUT2D eigenvalue weighted by Crippen LogP contribution is 2.25. The second-order valence-corrected chi connectivity index (χ2v) is 9.17. The van der Waals surface area contributed by atoms with Gasteiger partial charge >= 0.3 is 7.25 Å². The van der Waals surface area contributed by atoms with Gasteiger partial charge in [-0.15, -0.1) is 0 Å². The van der Waals surface area contributed by atoms with Crippen LogP contribution < -0.4 is 20.0 Å². The molecule has 0 saturated carbocycles. The third-order valence-electron chi connectivity index (χ3n) is 5.72. The number of benzene rings is 3. The molecule has 4 nitrogen and oxygen atoms in total. The topological polar surface area (TPSA) is 39.6 Å². The number of ether oxygens (including phenoxy) is 1. The van der Waals surface area contributed by atoms with Crippen molar-refractivity contribution in [3.63, 3.8) is 0 Å². The number of anilines is 1. The molecular formula is C26H24BBrF4N2O2. The van der Waals surface area contributed by atoms with Crippen molar-refractivity contribution in [2.24, 2.45) is 0 Å². The molecule has 10 heteroatoms. The standard InChI is InChI=1S/C26H23BrN2O2.BF4/c1-30-22-11-4-18(5-12-22)26-17-24(23-16-19(27)6-13-25(23)31-26)28-20-7-9-21(10-8-20)29-14-2-3-15-29;2-1(3,4)5/h4-13,16-17H,2-3,14-15H2,1H3;/q;-1/p+1. The number of rotatable bonds is 4. The van der Waals surface area contributed by atoms with Gasteiger partial charge in [0.1, 0.15) is 17.1 Å². The van der Waals surface area contributed by atoms with Crippen molar-refractivity contribution in [2.45, 2.75) is 12.8 Å². The molecule has 0 unspecified atom stereocenters. The highest BCUT2D eigenvalue weighted by molar-refractivity contribution is 9.10. The van der Waals surface area contributed by atoms with Crippen LogP contribution in [-0.2, 0) is 0 Å². The van der Waals surface area contributed by atoms with E-state index >= 15 is 0 Å². The molecule has 1 aliphatic rings. The Labute approximate surface area is 214 Å². The monoisotopic (exact) mass is 562 g/mol. The molecule has 0 spiro atoms. The summed E-state index contributed by atoms with van der Waals surface area (Å²) < 4.78 is 51.5. The molecule has 2 heterocycles. The summed E-state index contributed by atoms with van der Waals surface area (Å²) in [7, 11) is -4.33. The van der Waals surface area contributed by atoms with Gasteiger partial charge in [-0.25, -0.2) is 4.99 Å². The SMILES string of the molecule is COc1ccc(-c2cc(=[NH+]c3ccc(N4CCCC4)cc3)c3cc(Br)ccc3o2)cc1.F[B-](F)(F)F. The lowest BCUT2D eigenvalue weighted by Crippen LogP contribution is -2.70. The Bertz CT molecular complexity index is 1380. The van der Waals surface area contributed by atoms with Gasteiger partial charge in [-0.2, -0.15) is 0 Å². The molecule has 0 aliphatic carbocycles. The fraction of sp³-hybridized carbons (Fsp3) is 0.192. The van der Waals surface area contributed by atoms with Crippen LogP contribution in [0.3, 0.4) is 0 Å². The van der Waals surface area contributed by atoms with Gasteiger partial charge in [0.15, 0.2) is 0 Å².